The van der Waals surface area contributed by atoms with Gasteiger partial charge in [0.05, 0.1) is 20.2 Å². The Morgan fingerprint density at radius 3 is 1.39 bits per heavy atom. The van der Waals surface area contributed by atoms with E-state index in [1.54, 1.807) is 0 Å². The summed E-state index contributed by atoms with van der Waals surface area (Å²) in [7, 11) is -4.89. The van der Waals surface area contributed by atoms with Gasteiger partial charge in [0.15, 0.2) is 31.1 Å². The fourth-order valence-corrected chi connectivity index (χ4v) is 15.1. The Morgan fingerprint density at radius 2 is 1.05 bits per heavy atom. The largest absolute Gasteiger partial charge is 0.467 e. The summed E-state index contributed by atoms with van der Waals surface area (Å²) in [6, 6.07) is 9.00. The number of hydrogen-bond acceptors (Lipinski definition) is 7. The Hall–Kier alpha value is 1.08. The van der Waals surface area contributed by atoms with Gasteiger partial charge in [-0.3, -0.25) is 0 Å². The molecule has 1 saturated heterocycles. The monoisotopic (exact) mass is 722 g/mol. The van der Waals surface area contributed by atoms with Crippen LogP contribution in [-0.2, 0) is 32.1 Å². The third-order valence-electron chi connectivity index (χ3n) is 9.33. The molecule has 0 aromatic carbocycles. The van der Waals surface area contributed by atoms with Crippen molar-refractivity contribution in [2.45, 2.75) is 147 Å². The van der Waals surface area contributed by atoms with E-state index in [0.29, 0.717) is 6.61 Å². The van der Waals surface area contributed by atoms with E-state index >= 15 is 0 Å². The molecule has 0 N–H and O–H groups in total. The first-order chi connectivity index (χ1) is 18.1. The van der Waals surface area contributed by atoms with E-state index in [0.717, 1.165) is 54.4 Å². The number of hydrogen-bond donors (Lipinski definition) is 0. The first kappa shape index (κ1) is 37.1. The van der Waals surface area contributed by atoms with Gasteiger partial charge in [-0.15, -0.1) is 0 Å². The Bertz CT molecular complexity index is 656. The lowest BCUT2D eigenvalue weighted by Crippen LogP contribution is -2.68. The maximum Gasteiger partial charge on any atom is 0.337 e. The van der Waals surface area contributed by atoms with Crippen LogP contribution in [0.4, 0.5) is 0 Å². The smallest absolute Gasteiger partial charge is 0.337 e. The van der Waals surface area contributed by atoms with Gasteiger partial charge in [0.2, 0.25) is 0 Å². The predicted molar refractivity (Wildman–Crippen MR) is 175 cm³/mol. The molecule has 0 amide bonds. The highest BCUT2D eigenvalue weighted by Crippen LogP contribution is 2.40. The molecular formula is C26H56IO7PSi3. The van der Waals surface area contributed by atoms with Crippen LogP contribution in [-0.4, -0.2) is 75.2 Å². The Morgan fingerprint density at radius 1 is 0.684 bits per heavy atom. The van der Waals surface area contributed by atoms with E-state index in [1.165, 1.54) is 7.11 Å². The molecule has 1 fully saturated rings. The number of rotatable bonds is 19. The highest BCUT2D eigenvalue weighted by molar-refractivity contribution is 14.2. The SMILES string of the molecule is CC[Si](CC)(CC)O[C@@H]1[C@H](O[Si](CC)(CC)CC)[C@@H](O[Si](CC)(CC)CC)C(C(=O)OC)O[C@@H]1COPI. The number of methoxy groups -OCH3 is 1. The summed E-state index contributed by atoms with van der Waals surface area (Å²) in [6.07, 6.45) is -2.62. The van der Waals surface area contributed by atoms with E-state index in [-0.39, 0.29) is 12.6 Å². The predicted octanol–water partition coefficient (Wildman–Crippen LogP) is 8.06. The Labute approximate surface area is 251 Å². The third-order valence-corrected chi connectivity index (χ3v) is 24.5. The minimum atomic E-state index is -2.14. The maximum absolute atomic E-state index is 13.3. The van der Waals surface area contributed by atoms with Gasteiger partial charge in [-0.2, -0.15) is 0 Å². The maximum atomic E-state index is 13.3. The van der Waals surface area contributed by atoms with Gasteiger partial charge >= 0.3 is 5.97 Å². The van der Waals surface area contributed by atoms with E-state index in [9.17, 15) is 4.79 Å². The summed E-state index contributed by atoms with van der Waals surface area (Å²) < 4.78 is 39.6. The molecular weight excluding hydrogens is 666 g/mol. The van der Waals surface area contributed by atoms with Crippen molar-refractivity contribution in [2.75, 3.05) is 13.7 Å². The molecule has 0 spiro atoms. The van der Waals surface area contributed by atoms with Gasteiger partial charge < -0.3 is 27.3 Å². The lowest BCUT2D eigenvalue weighted by Gasteiger charge is -2.52. The van der Waals surface area contributed by atoms with Gasteiger partial charge in [-0.25, -0.2) is 4.79 Å². The minimum absolute atomic E-state index is 0.288. The molecule has 0 aromatic rings. The van der Waals surface area contributed by atoms with E-state index < -0.39 is 55.3 Å². The lowest BCUT2D eigenvalue weighted by atomic mass is 9.95. The average Bonchev–Trinajstić information content (AvgIpc) is 2.97. The van der Waals surface area contributed by atoms with Crippen LogP contribution in [0.15, 0.2) is 0 Å². The summed E-state index contributed by atoms with van der Waals surface area (Å²) >= 11 is 2.23. The molecule has 226 valence electrons. The molecule has 2 unspecified atom stereocenters. The fourth-order valence-electron chi connectivity index (χ4n) is 5.74. The van der Waals surface area contributed by atoms with Crippen molar-refractivity contribution in [1.82, 2.24) is 0 Å². The zero-order valence-corrected chi connectivity index (χ0v) is 31.9. The van der Waals surface area contributed by atoms with Crippen LogP contribution in [0, 0.1) is 0 Å². The number of carbonyl (C=O) groups is 1. The van der Waals surface area contributed by atoms with Crippen LogP contribution in [0.3, 0.4) is 0 Å². The second kappa shape index (κ2) is 17.9. The summed E-state index contributed by atoms with van der Waals surface area (Å²) in [5, 5.41) is 0. The second-order valence-electron chi connectivity index (χ2n) is 10.5. The van der Waals surface area contributed by atoms with E-state index in [2.05, 4.69) is 84.4 Å². The molecule has 7 nitrogen and oxygen atoms in total. The molecule has 1 rings (SSSR count). The quantitative estimate of drug-likeness (QED) is 0.0579. The van der Waals surface area contributed by atoms with Crippen LogP contribution < -0.4 is 0 Å². The van der Waals surface area contributed by atoms with Gasteiger partial charge in [0, 0.05) is 0 Å². The van der Waals surface area contributed by atoms with Crippen molar-refractivity contribution in [3.05, 3.63) is 0 Å². The Balaban J connectivity index is 3.85. The summed E-state index contributed by atoms with van der Waals surface area (Å²) in [6.45, 7) is 20.7. The summed E-state index contributed by atoms with van der Waals surface area (Å²) in [5.41, 5.74) is 0. The van der Waals surface area contributed by atoms with Crippen LogP contribution in [0.5, 0.6) is 0 Å². The number of halogens is 1. The van der Waals surface area contributed by atoms with Crippen molar-refractivity contribution in [1.29, 1.82) is 0 Å². The van der Waals surface area contributed by atoms with Crippen molar-refractivity contribution < 1.29 is 32.1 Å². The van der Waals surface area contributed by atoms with Crippen LogP contribution >= 0.6 is 28.5 Å². The van der Waals surface area contributed by atoms with Crippen molar-refractivity contribution in [2.24, 2.45) is 0 Å². The topological polar surface area (TPSA) is 72.5 Å². The molecule has 12 heteroatoms. The molecule has 0 bridgehead atoms. The van der Waals surface area contributed by atoms with E-state index in [1.807, 2.05) is 0 Å². The fraction of sp³-hybridized carbons (Fsp3) is 0.962. The molecule has 1 aliphatic heterocycles. The van der Waals surface area contributed by atoms with Crippen molar-refractivity contribution >= 4 is 59.4 Å². The zero-order chi connectivity index (χ0) is 29.0. The second-order valence-corrected chi connectivity index (χ2v) is 26.4. The zero-order valence-electron chi connectivity index (χ0n) is 25.7. The Kier molecular flexibility index (Phi) is 17.5. The standard InChI is InChI=1S/C26H56IO7PSi3/c1-11-36(12-2,13-3)32-22-21(20-30-35-27)31-25(26(28)29-10)24(34-38(17-7,18-8)19-9)23(22)33-37(14-4,15-5)16-6/h21-25,35H,11-20H2,1-10H3/t21-,22+,23+,24-,25?/m1/s1. The molecule has 0 radical (unpaired) electrons. The van der Waals surface area contributed by atoms with Crippen LogP contribution in [0.1, 0.15) is 62.3 Å². The lowest BCUT2D eigenvalue weighted by molar-refractivity contribution is -0.223. The average molecular weight is 723 g/mol. The molecule has 38 heavy (non-hydrogen) atoms. The van der Waals surface area contributed by atoms with Crippen LogP contribution in [0.25, 0.3) is 0 Å². The van der Waals surface area contributed by atoms with Gasteiger partial charge in [-0.05, 0) is 76.4 Å². The first-order valence-corrected chi connectivity index (χ1v) is 26.5. The molecule has 0 saturated carbocycles. The van der Waals surface area contributed by atoms with Crippen molar-refractivity contribution in [3.63, 3.8) is 0 Å². The molecule has 1 heterocycles. The molecule has 6 atom stereocenters. The normalized spacial score (nSPS) is 25.3. The summed E-state index contributed by atoms with van der Waals surface area (Å²) in [4.78, 5) is 13.3. The number of esters is 1. The van der Waals surface area contributed by atoms with Gasteiger partial charge in [0.1, 0.15) is 24.4 Å². The minimum Gasteiger partial charge on any atom is -0.467 e. The first-order valence-electron chi connectivity index (χ1n) is 14.9. The van der Waals surface area contributed by atoms with Crippen molar-refractivity contribution in [3.8, 4) is 0 Å². The number of ether oxygens (including phenoxy) is 2. The van der Waals surface area contributed by atoms with Gasteiger partial charge in [0.25, 0.3) is 0 Å². The third kappa shape index (κ3) is 9.04. The molecule has 0 aromatic heterocycles. The highest BCUT2D eigenvalue weighted by atomic mass is 127. The van der Waals surface area contributed by atoms with E-state index in [4.69, 9.17) is 27.3 Å². The number of carbonyl (C=O) groups excluding carboxylic acids is 1. The molecule has 1 aliphatic rings. The summed E-state index contributed by atoms with van der Waals surface area (Å²) in [5.74, 6) is -0.406. The van der Waals surface area contributed by atoms with Gasteiger partial charge in [-0.1, -0.05) is 62.3 Å². The highest BCUT2D eigenvalue weighted by Gasteiger charge is 2.56. The molecule has 0 aliphatic carbocycles. The van der Waals surface area contributed by atoms with Crippen LogP contribution in [0.2, 0.25) is 54.4 Å².